The predicted molar refractivity (Wildman–Crippen MR) is 65.8 cm³/mol. The minimum absolute atomic E-state index is 0.436. The van der Waals surface area contributed by atoms with Gasteiger partial charge in [0.2, 0.25) is 0 Å². The summed E-state index contributed by atoms with van der Waals surface area (Å²) in [5.41, 5.74) is 0. The zero-order valence-corrected chi connectivity index (χ0v) is 11.7. The summed E-state index contributed by atoms with van der Waals surface area (Å²) in [4.78, 5) is 12.4. The van der Waals surface area contributed by atoms with Crippen LogP contribution in [0.2, 0.25) is 19.6 Å². The third kappa shape index (κ3) is 0.821. The highest BCUT2D eigenvalue weighted by Crippen LogP contribution is 2.82. The maximum Gasteiger partial charge on any atom is 0.184 e. The van der Waals surface area contributed by atoms with Gasteiger partial charge in [-0.05, 0) is 61.6 Å². The zero-order valence-electron chi connectivity index (χ0n) is 10.7. The Bertz CT molecular complexity index is 440. The second kappa shape index (κ2) is 2.44. The van der Waals surface area contributed by atoms with Crippen molar-refractivity contribution < 1.29 is 9.22 Å². The molecule has 0 spiro atoms. The Morgan fingerprint density at radius 3 is 2.47 bits per heavy atom. The smallest absolute Gasteiger partial charge is 0.184 e. The first kappa shape index (κ1) is 9.73. The summed E-state index contributed by atoms with van der Waals surface area (Å²) in [7, 11) is -1.45. The minimum atomic E-state index is -1.45. The molecule has 0 radical (unpaired) electrons. The molecule has 2 bridgehead atoms. The summed E-state index contributed by atoms with van der Waals surface area (Å²) < 4.78 is 6.50. The first-order valence-electron chi connectivity index (χ1n) is 7.20. The molecule has 92 valence electrons. The molecule has 9 unspecified atom stereocenters. The van der Waals surface area contributed by atoms with Gasteiger partial charge in [-0.2, -0.15) is 0 Å². The number of carbonyl (C=O) groups excluding carboxylic acids is 1. The van der Waals surface area contributed by atoms with Crippen LogP contribution in [0, 0.1) is 47.3 Å². The van der Waals surface area contributed by atoms with Crippen LogP contribution in [0.4, 0.5) is 0 Å². The molecule has 0 aromatic rings. The standard InChI is InChI=1S/C14H20O2Si/c1-17(2,3)16-14-10-6-4-5-7-8(6)12(14)11(7)13(15)9(5)10/h5-12,14H,4H2,1-3H3. The van der Waals surface area contributed by atoms with E-state index in [1.165, 1.54) is 6.42 Å². The van der Waals surface area contributed by atoms with E-state index in [4.69, 9.17) is 4.43 Å². The van der Waals surface area contributed by atoms with E-state index in [0.717, 1.165) is 23.7 Å². The lowest BCUT2D eigenvalue weighted by Crippen LogP contribution is -2.52. The highest BCUT2D eigenvalue weighted by molar-refractivity contribution is 6.69. The maximum absolute atomic E-state index is 12.4. The van der Waals surface area contributed by atoms with Gasteiger partial charge in [0.15, 0.2) is 8.32 Å². The molecule has 0 saturated heterocycles. The third-order valence-corrected chi connectivity index (χ3v) is 7.51. The number of fused-ring (bicyclic) bond motifs is 2. The van der Waals surface area contributed by atoms with E-state index >= 15 is 0 Å². The van der Waals surface area contributed by atoms with Gasteiger partial charge in [0, 0.05) is 11.8 Å². The number of Topliss-reactive ketones (excluding diaryl/α,β-unsaturated/α-hetero) is 1. The molecule has 5 saturated carbocycles. The Labute approximate surface area is 103 Å². The normalized spacial score (nSPS) is 64.9. The van der Waals surface area contributed by atoms with Crippen molar-refractivity contribution in [3.8, 4) is 0 Å². The Kier molecular flexibility index (Phi) is 1.40. The summed E-state index contributed by atoms with van der Waals surface area (Å²) in [6, 6.07) is 0. The average molecular weight is 248 g/mol. The number of carbonyl (C=O) groups is 1. The number of rotatable bonds is 2. The molecule has 5 aliphatic rings. The summed E-state index contributed by atoms with van der Waals surface area (Å²) in [6.45, 7) is 6.88. The van der Waals surface area contributed by atoms with Crippen molar-refractivity contribution in [3.05, 3.63) is 0 Å². The van der Waals surface area contributed by atoms with Gasteiger partial charge in [-0.3, -0.25) is 4.79 Å². The number of hydrogen-bond acceptors (Lipinski definition) is 2. The highest BCUT2D eigenvalue weighted by Gasteiger charge is 2.84. The molecule has 3 heteroatoms. The lowest BCUT2D eigenvalue weighted by Gasteiger charge is -2.47. The van der Waals surface area contributed by atoms with Crippen LogP contribution < -0.4 is 0 Å². The fraction of sp³-hybridized carbons (Fsp3) is 0.929. The number of hydrogen-bond donors (Lipinski definition) is 0. The van der Waals surface area contributed by atoms with E-state index in [0.29, 0.717) is 35.6 Å². The number of ketones is 1. The van der Waals surface area contributed by atoms with Crippen molar-refractivity contribution in [1.29, 1.82) is 0 Å². The van der Waals surface area contributed by atoms with Crippen LogP contribution in [0.3, 0.4) is 0 Å². The molecule has 0 amide bonds. The lowest BCUT2D eigenvalue weighted by atomic mass is 9.59. The van der Waals surface area contributed by atoms with Crippen molar-refractivity contribution >= 4 is 14.1 Å². The topological polar surface area (TPSA) is 26.3 Å². The molecule has 5 rings (SSSR count). The molecule has 0 aromatic heterocycles. The second-order valence-corrected chi connectivity index (χ2v) is 12.5. The van der Waals surface area contributed by atoms with E-state index in [1.54, 1.807) is 0 Å². The van der Waals surface area contributed by atoms with Crippen LogP contribution in [0.25, 0.3) is 0 Å². The van der Waals surface area contributed by atoms with E-state index in [9.17, 15) is 4.79 Å². The molecule has 0 N–H and O–H groups in total. The van der Waals surface area contributed by atoms with Crippen molar-refractivity contribution in [2.75, 3.05) is 0 Å². The van der Waals surface area contributed by atoms with Gasteiger partial charge in [-0.15, -0.1) is 0 Å². The first-order chi connectivity index (χ1) is 7.99. The van der Waals surface area contributed by atoms with Crippen LogP contribution in [0.1, 0.15) is 6.42 Å². The van der Waals surface area contributed by atoms with Gasteiger partial charge in [-0.25, -0.2) is 0 Å². The zero-order chi connectivity index (χ0) is 11.7. The predicted octanol–water partition coefficient (Wildman–Crippen LogP) is 2.16. The molecule has 2 nitrogen and oxygen atoms in total. The highest BCUT2D eigenvalue weighted by atomic mass is 28.4. The van der Waals surface area contributed by atoms with Gasteiger partial charge in [0.05, 0.1) is 6.10 Å². The Morgan fingerprint density at radius 1 is 1.00 bits per heavy atom. The third-order valence-electron chi connectivity index (χ3n) is 6.53. The van der Waals surface area contributed by atoms with Crippen molar-refractivity contribution in [1.82, 2.24) is 0 Å². The van der Waals surface area contributed by atoms with E-state index in [1.807, 2.05) is 0 Å². The molecular weight excluding hydrogens is 228 g/mol. The summed E-state index contributed by atoms with van der Waals surface area (Å²) in [5.74, 6) is 6.21. The van der Waals surface area contributed by atoms with Crippen LogP contribution in [0.15, 0.2) is 0 Å². The molecular formula is C14H20O2Si. The fourth-order valence-electron chi connectivity index (χ4n) is 6.64. The van der Waals surface area contributed by atoms with Crippen LogP contribution in [-0.2, 0) is 9.22 Å². The molecule has 0 aromatic carbocycles. The largest absolute Gasteiger partial charge is 0.414 e. The second-order valence-electron chi connectivity index (χ2n) is 8.02. The summed E-state index contributed by atoms with van der Waals surface area (Å²) in [5, 5.41) is 0. The summed E-state index contributed by atoms with van der Waals surface area (Å²) >= 11 is 0. The molecule has 17 heavy (non-hydrogen) atoms. The molecule has 5 fully saturated rings. The van der Waals surface area contributed by atoms with Crippen molar-refractivity contribution in [2.24, 2.45) is 47.3 Å². The molecule has 5 aliphatic carbocycles. The Morgan fingerprint density at radius 2 is 1.76 bits per heavy atom. The van der Waals surface area contributed by atoms with Gasteiger partial charge in [-0.1, -0.05) is 0 Å². The van der Waals surface area contributed by atoms with Gasteiger partial charge >= 0.3 is 0 Å². The quantitative estimate of drug-likeness (QED) is 0.700. The van der Waals surface area contributed by atoms with Crippen LogP contribution in [-0.4, -0.2) is 20.2 Å². The van der Waals surface area contributed by atoms with Crippen molar-refractivity contribution in [2.45, 2.75) is 32.2 Å². The Balaban J connectivity index is 1.59. The fourth-order valence-corrected chi connectivity index (χ4v) is 7.78. The summed E-state index contributed by atoms with van der Waals surface area (Å²) in [6.07, 6.45) is 1.85. The van der Waals surface area contributed by atoms with Crippen molar-refractivity contribution in [3.63, 3.8) is 0 Å². The SMILES string of the molecule is C[Si](C)(C)OC1C2C3CC4C2C(=O)C2C4C3C12. The lowest BCUT2D eigenvalue weighted by molar-refractivity contribution is -0.139. The van der Waals surface area contributed by atoms with E-state index in [-0.39, 0.29) is 0 Å². The van der Waals surface area contributed by atoms with Gasteiger partial charge in [0.25, 0.3) is 0 Å². The maximum atomic E-state index is 12.4. The average Bonchev–Trinajstić information content (AvgIpc) is 2.64. The Hall–Kier alpha value is -0.153. The molecule has 9 atom stereocenters. The van der Waals surface area contributed by atoms with Crippen LogP contribution in [0.5, 0.6) is 0 Å². The molecule has 0 aliphatic heterocycles. The van der Waals surface area contributed by atoms with E-state index in [2.05, 4.69) is 19.6 Å². The molecule has 0 heterocycles. The monoisotopic (exact) mass is 248 g/mol. The minimum Gasteiger partial charge on any atom is -0.414 e. The first-order valence-corrected chi connectivity index (χ1v) is 10.6. The van der Waals surface area contributed by atoms with E-state index < -0.39 is 8.32 Å². The van der Waals surface area contributed by atoms with Gasteiger partial charge in [0.1, 0.15) is 5.78 Å². The van der Waals surface area contributed by atoms with Gasteiger partial charge < -0.3 is 4.43 Å². The van der Waals surface area contributed by atoms with Crippen LogP contribution >= 0.6 is 0 Å².